The first-order valence-corrected chi connectivity index (χ1v) is 13.1. The van der Waals surface area contributed by atoms with Crippen LogP contribution in [0.2, 0.25) is 0 Å². The number of hydrogen-bond donors (Lipinski definition) is 0. The van der Waals surface area contributed by atoms with Crippen molar-refractivity contribution < 1.29 is 28.4 Å². The summed E-state index contributed by atoms with van der Waals surface area (Å²) in [4.78, 5) is 0. The van der Waals surface area contributed by atoms with Gasteiger partial charge in [-0.3, -0.25) is 0 Å². The van der Waals surface area contributed by atoms with Crippen molar-refractivity contribution in [3.63, 3.8) is 0 Å². The average molecular weight is 533 g/mol. The molecule has 0 saturated carbocycles. The predicted octanol–water partition coefficient (Wildman–Crippen LogP) is 8.03. The highest BCUT2D eigenvalue weighted by Gasteiger charge is 2.16. The van der Waals surface area contributed by atoms with Gasteiger partial charge in [-0.15, -0.1) is 0 Å². The lowest BCUT2D eigenvalue weighted by Gasteiger charge is -2.18. The van der Waals surface area contributed by atoms with Gasteiger partial charge in [-0.1, -0.05) is 55.5 Å². The van der Waals surface area contributed by atoms with Crippen LogP contribution in [0.1, 0.15) is 56.4 Å². The van der Waals surface area contributed by atoms with Crippen LogP contribution in [-0.4, -0.2) is 40.6 Å². The van der Waals surface area contributed by atoms with Crippen molar-refractivity contribution in [2.24, 2.45) is 0 Å². The molecule has 6 nitrogen and oxygen atoms in total. The Balaban J connectivity index is 1.77. The molecule has 208 valence electrons. The second kappa shape index (κ2) is 14.2. The van der Waals surface area contributed by atoms with E-state index in [0.717, 1.165) is 28.7 Å². The maximum absolute atomic E-state index is 6.04. The molecule has 39 heavy (non-hydrogen) atoms. The van der Waals surface area contributed by atoms with E-state index in [4.69, 9.17) is 28.4 Å². The second-order valence-electron chi connectivity index (χ2n) is 9.35. The van der Waals surface area contributed by atoms with Gasteiger partial charge in [-0.2, -0.15) is 0 Å². The van der Waals surface area contributed by atoms with Crippen LogP contribution in [0.25, 0.3) is 24.3 Å². The number of rotatable bonds is 13. The van der Waals surface area contributed by atoms with Gasteiger partial charge >= 0.3 is 0 Å². The lowest BCUT2D eigenvalue weighted by Crippen LogP contribution is -2.11. The summed E-state index contributed by atoms with van der Waals surface area (Å²) < 4.78 is 34.2. The Bertz CT molecular complexity index is 1220. The fraction of sp³-hybridized carbons (Fsp3) is 0.333. The zero-order valence-corrected chi connectivity index (χ0v) is 24.2. The van der Waals surface area contributed by atoms with Gasteiger partial charge in [0, 0.05) is 0 Å². The van der Waals surface area contributed by atoms with Crippen molar-refractivity contribution in [3.05, 3.63) is 70.8 Å². The summed E-state index contributed by atoms with van der Waals surface area (Å²) in [5.41, 5.74) is 4.05. The third-order valence-corrected chi connectivity index (χ3v) is 6.09. The minimum Gasteiger partial charge on any atom is -0.493 e. The predicted molar refractivity (Wildman–Crippen MR) is 160 cm³/mol. The first-order chi connectivity index (χ1) is 18.8. The molecule has 0 aromatic heterocycles. The Kier molecular flexibility index (Phi) is 10.7. The quantitative estimate of drug-likeness (QED) is 0.208. The smallest absolute Gasteiger partial charge is 0.203 e. The molecule has 0 spiro atoms. The number of methoxy groups -OCH3 is 4. The summed E-state index contributed by atoms with van der Waals surface area (Å²) in [5, 5.41) is 0. The standard InChI is InChI=1S/C33H40O6/c1-9-23(4)39-33-30(36-7)20-27(21-31(33)37-8)17-15-25-12-10-24(11-13-25)14-16-26-18-28(34-5)32(38-22(2)3)29(19-26)35-6/h10-23H,9H2,1-8H3. The van der Waals surface area contributed by atoms with Crippen LogP contribution in [0.5, 0.6) is 34.5 Å². The Morgan fingerprint density at radius 1 is 0.538 bits per heavy atom. The van der Waals surface area contributed by atoms with Gasteiger partial charge in [-0.05, 0) is 73.7 Å². The topological polar surface area (TPSA) is 55.4 Å². The average Bonchev–Trinajstić information content (AvgIpc) is 2.95. The molecule has 0 aliphatic carbocycles. The van der Waals surface area contributed by atoms with E-state index in [-0.39, 0.29) is 12.2 Å². The highest BCUT2D eigenvalue weighted by Crippen LogP contribution is 2.41. The molecule has 0 radical (unpaired) electrons. The van der Waals surface area contributed by atoms with E-state index >= 15 is 0 Å². The highest BCUT2D eigenvalue weighted by molar-refractivity contribution is 5.75. The lowest BCUT2D eigenvalue weighted by molar-refractivity contribution is 0.198. The third-order valence-electron chi connectivity index (χ3n) is 6.09. The first-order valence-electron chi connectivity index (χ1n) is 13.1. The molecule has 0 aliphatic rings. The fourth-order valence-corrected chi connectivity index (χ4v) is 3.85. The largest absolute Gasteiger partial charge is 0.493 e. The molecule has 0 N–H and O–H groups in total. The fourth-order valence-electron chi connectivity index (χ4n) is 3.85. The van der Waals surface area contributed by atoms with Crippen LogP contribution in [0, 0.1) is 0 Å². The van der Waals surface area contributed by atoms with Crippen molar-refractivity contribution in [1.29, 1.82) is 0 Å². The van der Waals surface area contributed by atoms with Crippen LogP contribution >= 0.6 is 0 Å². The van der Waals surface area contributed by atoms with Gasteiger partial charge in [0.1, 0.15) is 0 Å². The van der Waals surface area contributed by atoms with Crippen LogP contribution in [0.3, 0.4) is 0 Å². The molecule has 3 aromatic carbocycles. The zero-order chi connectivity index (χ0) is 28.4. The molecule has 6 heteroatoms. The summed E-state index contributed by atoms with van der Waals surface area (Å²) in [6, 6.07) is 16.1. The summed E-state index contributed by atoms with van der Waals surface area (Å²) in [6.45, 7) is 8.05. The summed E-state index contributed by atoms with van der Waals surface area (Å²) >= 11 is 0. The maximum Gasteiger partial charge on any atom is 0.203 e. The molecule has 0 fully saturated rings. The van der Waals surface area contributed by atoms with Crippen molar-refractivity contribution in [1.82, 2.24) is 0 Å². The second-order valence-corrected chi connectivity index (χ2v) is 9.35. The Labute approximate surface area is 232 Å². The van der Waals surface area contributed by atoms with E-state index in [1.165, 1.54) is 0 Å². The first kappa shape index (κ1) is 29.5. The Hall–Kier alpha value is -4.06. The normalized spacial score (nSPS) is 12.1. The van der Waals surface area contributed by atoms with Crippen molar-refractivity contribution >= 4 is 24.3 Å². The van der Waals surface area contributed by atoms with Crippen LogP contribution < -0.4 is 28.4 Å². The monoisotopic (exact) mass is 532 g/mol. The Morgan fingerprint density at radius 3 is 1.18 bits per heavy atom. The van der Waals surface area contributed by atoms with Gasteiger partial charge in [0.2, 0.25) is 11.5 Å². The van der Waals surface area contributed by atoms with Crippen LogP contribution in [0.4, 0.5) is 0 Å². The lowest BCUT2D eigenvalue weighted by atomic mass is 10.1. The molecular weight excluding hydrogens is 492 g/mol. The van der Waals surface area contributed by atoms with E-state index in [1.54, 1.807) is 28.4 Å². The van der Waals surface area contributed by atoms with Gasteiger partial charge in [0.15, 0.2) is 23.0 Å². The highest BCUT2D eigenvalue weighted by atomic mass is 16.5. The molecule has 0 aliphatic heterocycles. The minimum absolute atomic E-state index is 0.00815. The minimum atomic E-state index is 0.00815. The molecule has 0 heterocycles. The van der Waals surface area contributed by atoms with E-state index in [9.17, 15) is 0 Å². The summed E-state index contributed by atoms with van der Waals surface area (Å²) in [6.07, 6.45) is 9.12. The maximum atomic E-state index is 6.04. The molecule has 1 atom stereocenters. The SMILES string of the molecule is CCC(C)Oc1c(OC)cc(C=Cc2ccc(C=Cc3cc(OC)c(OC(C)C)c(OC)c3)cc2)cc1OC. The molecule has 0 amide bonds. The van der Waals surface area contributed by atoms with Crippen molar-refractivity contribution in [3.8, 4) is 34.5 Å². The molecule has 0 bridgehead atoms. The molecular formula is C33H40O6. The van der Waals surface area contributed by atoms with Crippen molar-refractivity contribution in [2.75, 3.05) is 28.4 Å². The Morgan fingerprint density at radius 2 is 0.872 bits per heavy atom. The molecule has 3 rings (SSSR count). The van der Waals surface area contributed by atoms with Gasteiger partial charge in [-0.25, -0.2) is 0 Å². The zero-order valence-electron chi connectivity index (χ0n) is 24.2. The van der Waals surface area contributed by atoms with E-state index < -0.39 is 0 Å². The molecule has 1 unspecified atom stereocenters. The van der Waals surface area contributed by atoms with Crippen LogP contribution in [0.15, 0.2) is 48.5 Å². The van der Waals surface area contributed by atoms with E-state index in [1.807, 2.05) is 57.2 Å². The van der Waals surface area contributed by atoms with Crippen LogP contribution in [-0.2, 0) is 0 Å². The molecule has 3 aromatic rings. The number of benzene rings is 3. The van der Waals surface area contributed by atoms with Gasteiger partial charge in [0.25, 0.3) is 0 Å². The third kappa shape index (κ3) is 7.96. The number of hydrogen-bond acceptors (Lipinski definition) is 6. The summed E-state index contributed by atoms with van der Waals surface area (Å²) in [5.74, 6) is 3.79. The number of ether oxygens (including phenoxy) is 6. The summed E-state index contributed by atoms with van der Waals surface area (Å²) in [7, 11) is 6.53. The van der Waals surface area contributed by atoms with E-state index in [2.05, 4.69) is 43.3 Å². The van der Waals surface area contributed by atoms with Gasteiger partial charge < -0.3 is 28.4 Å². The molecule has 0 saturated heterocycles. The van der Waals surface area contributed by atoms with Crippen molar-refractivity contribution in [2.45, 2.75) is 46.3 Å². The van der Waals surface area contributed by atoms with Gasteiger partial charge in [0.05, 0.1) is 40.6 Å². The van der Waals surface area contributed by atoms with E-state index in [0.29, 0.717) is 34.5 Å².